The maximum absolute atomic E-state index is 13.8. The van der Waals surface area contributed by atoms with Crippen LogP contribution in [0.5, 0.6) is 0 Å². The number of piperazine rings is 1. The van der Waals surface area contributed by atoms with Crippen molar-refractivity contribution in [1.82, 2.24) is 10.2 Å². The van der Waals surface area contributed by atoms with E-state index in [9.17, 15) is 9.18 Å². The second-order valence-corrected chi connectivity index (χ2v) is 4.30. The third-order valence-electron chi connectivity index (χ3n) is 3.41. The average molecular weight is 220 g/mol. The number of fused-ring (bicyclic) bond motifs is 3. The summed E-state index contributed by atoms with van der Waals surface area (Å²) >= 11 is 0. The third-order valence-corrected chi connectivity index (χ3v) is 3.41. The van der Waals surface area contributed by atoms with Gasteiger partial charge in [0.2, 0.25) is 5.91 Å². The fourth-order valence-electron chi connectivity index (χ4n) is 2.65. The molecule has 4 heteroatoms. The third kappa shape index (κ3) is 1.33. The lowest BCUT2D eigenvalue weighted by Gasteiger charge is -2.40. The Morgan fingerprint density at radius 2 is 2.31 bits per heavy atom. The molecule has 0 spiro atoms. The summed E-state index contributed by atoms with van der Waals surface area (Å²) in [6, 6.07) is 5.05. The van der Waals surface area contributed by atoms with Gasteiger partial charge in [-0.3, -0.25) is 4.79 Å². The SMILES string of the molecule is O=C1CNCC2c3c(F)cccc3CCN12. The van der Waals surface area contributed by atoms with Crippen LogP contribution in [0.2, 0.25) is 0 Å². The molecule has 16 heavy (non-hydrogen) atoms. The van der Waals surface area contributed by atoms with Gasteiger partial charge in [-0.25, -0.2) is 4.39 Å². The molecule has 0 bridgehead atoms. The number of amides is 1. The smallest absolute Gasteiger partial charge is 0.237 e. The zero-order chi connectivity index (χ0) is 11.1. The van der Waals surface area contributed by atoms with Gasteiger partial charge in [-0.05, 0) is 18.1 Å². The van der Waals surface area contributed by atoms with Crippen molar-refractivity contribution in [1.29, 1.82) is 0 Å². The zero-order valence-electron chi connectivity index (χ0n) is 8.87. The highest BCUT2D eigenvalue weighted by molar-refractivity contribution is 5.80. The van der Waals surface area contributed by atoms with Gasteiger partial charge in [0.15, 0.2) is 0 Å². The minimum Gasteiger partial charge on any atom is -0.333 e. The molecule has 2 aliphatic heterocycles. The summed E-state index contributed by atoms with van der Waals surface area (Å²) in [6.45, 7) is 1.74. The Bertz CT molecular complexity index is 447. The van der Waals surface area contributed by atoms with E-state index in [1.807, 2.05) is 6.07 Å². The summed E-state index contributed by atoms with van der Waals surface area (Å²) in [5, 5.41) is 3.04. The number of hydrogen-bond donors (Lipinski definition) is 1. The first kappa shape index (κ1) is 9.78. The molecule has 3 rings (SSSR count). The Kier molecular flexibility index (Phi) is 2.17. The standard InChI is InChI=1S/C12H13FN2O/c13-9-3-1-2-8-4-5-15-10(12(8)9)6-14-7-11(15)16/h1-3,10,14H,4-7H2. The summed E-state index contributed by atoms with van der Waals surface area (Å²) in [7, 11) is 0. The van der Waals surface area contributed by atoms with Crippen molar-refractivity contribution in [2.75, 3.05) is 19.6 Å². The highest BCUT2D eigenvalue weighted by Crippen LogP contribution is 2.32. The van der Waals surface area contributed by atoms with Crippen LogP contribution in [0.15, 0.2) is 18.2 Å². The van der Waals surface area contributed by atoms with E-state index in [0.29, 0.717) is 25.2 Å². The van der Waals surface area contributed by atoms with Gasteiger partial charge in [-0.15, -0.1) is 0 Å². The molecule has 1 aromatic carbocycles. The van der Waals surface area contributed by atoms with Gasteiger partial charge in [0, 0.05) is 18.7 Å². The van der Waals surface area contributed by atoms with Crippen molar-refractivity contribution < 1.29 is 9.18 Å². The molecule has 3 nitrogen and oxygen atoms in total. The number of nitrogens with one attached hydrogen (secondary N) is 1. The molecule has 1 aromatic rings. The highest BCUT2D eigenvalue weighted by Gasteiger charge is 2.34. The number of carbonyl (C=O) groups is 1. The summed E-state index contributed by atoms with van der Waals surface area (Å²) in [4.78, 5) is 13.5. The lowest BCUT2D eigenvalue weighted by Crippen LogP contribution is -2.52. The molecule has 2 heterocycles. The molecule has 0 radical (unpaired) electrons. The van der Waals surface area contributed by atoms with Gasteiger partial charge in [-0.2, -0.15) is 0 Å². The normalized spacial score (nSPS) is 23.9. The molecule has 0 aliphatic carbocycles. The van der Waals surface area contributed by atoms with Gasteiger partial charge in [-0.1, -0.05) is 12.1 Å². The van der Waals surface area contributed by atoms with Crippen molar-refractivity contribution in [2.24, 2.45) is 0 Å². The summed E-state index contributed by atoms with van der Waals surface area (Å²) < 4.78 is 13.8. The Balaban J connectivity index is 2.08. The topological polar surface area (TPSA) is 32.3 Å². The average Bonchev–Trinajstić information content (AvgIpc) is 2.29. The van der Waals surface area contributed by atoms with Crippen LogP contribution < -0.4 is 5.32 Å². The largest absolute Gasteiger partial charge is 0.333 e. The molecule has 0 saturated carbocycles. The first-order valence-corrected chi connectivity index (χ1v) is 5.55. The molecule has 1 N–H and O–H groups in total. The van der Waals surface area contributed by atoms with Crippen LogP contribution in [-0.4, -0.2) is 30.4 Å². The second kappa shape index (κ2) is 3.56. The molecular weight excluding hydrogens is 207 g/mol. The minimum absolute atomic E-state index is 0.0742. The Morgan fingerprint density at radius 3 is 3.19 bits per heavy atom. The summed E-state index contributed by atoms with van der Waals surface area (Å²) in [6.07, 6.45) is 0.759. The number of benzene rings is 1. The molecule has 0 aromatic heterocycles. The monoisotopic (exact) mass is 220 g/mol. The number of nitrogens with zero attached hydrogens (tertiary/aromatic N) is 1. The quantitative estimate of drug-likeness (QED) is 0.703. The first-order chi connectivity index (χ1) is 7.77. The van der Waals surface area contributed by atoms with E-state index in [2.05, 4.69) is 5.32 Å². The van der Waals surface area contributed by atoms with E-state index >= 15 is 0 Å². The van der Waals surface area contributed by atoms with Crippen molar-refractivity contribution in [3.8, 4) is 0 Å². The van der Waals surface area contributed by atoms with Crippen LogP contribution in [0.4, 0.5) is 4.39 Å². The molecule has 1 unspecified atom stereocenters. The Hall–Kier alpha value is -1.42. The van der Waals surface area contributed by atoms with Crippen LogP contribution in [0.3, 0.4) is 0 Å². The van der Waals surface area contributed by atoms with Crippen molar-refractivity contribution in [3.05, 3.63) is 35.1 Å². The Morgan fingerprint density at radius 1 is 1.44 bits per heavy atom. The van der Waals surface area contributed by atoms with E-state index in [4.69, 9.17) is 0 Å². The zero-order valence-corrected chi connectivity index (χ0v) is 8.87. The first-order valence-electron chi connectivity index (χ1n) is 5.55. The number of hydrogen-bond acceptors (Lipinski definition) is 2. The van der Waals surface area contributed by atoms with Crippen LogP contribution >= 0.6 is 0 Å². The van der Waals surface area contributed by atoms with Gasteiger partial charge in [0.05, 0.1) is 12.6 Å². The molecule has 1 fully saturated rings. The van der Waals surface area contributed by atoms with Gasteiger partial charge in [0.25, 0.3) is 0 Å². The number of halogens is 1. The second-order valence-electron chi connectivity index (χ2n) is 4.30. The lowest BCUT2D eigenvalue weighted by molar-refractivity contribution is -0.135. The Labute approximate surface area is 93.2 Å². The predicted molar refractivity (Wildman–Crippen MR) is 57.4 cm³/mol. The minimum atomic E-state index is -0.191. The molecule has 1 saturated heterocycles. The van der Waals surface area contributed by atoms with E-state index in [1.165, 1.54) is 6.07 Å². The van der Waals surface area contributed by atoms with Gasteiger partial charge >= 0.3 is 0 Å². The van der Waals surface area contributed by atoms with Gasteiger partial charge in [0.1, 0.15) is 5.82 Å². The molecular formula is C12H13FN2O. The summed E-state index contributed by atoms with van der Waals surface area (Å²) in [5.41, 5.74) is 1.74. The summed E-state index contributed by atoms with van der Waals surface area (Å²) in [5.74, 6) is -0.117. The maximum Gasteiger partial charge on any atom is 0.237 e. The fraction of sp³-hybridized carbons (Fsp3) is 0.417. The predicted octanol–water partition coefficient (Wildman–Crippen LogP) is 0.855. The van der Waals surface area contributed by atoms with E-state index in [-0.39, 0.29) is 17.8 Å². The number of rotatable bonds is 0. The van der Waals surface area contributed by atoms with Crippen molar-refractivity contribution >= 4 is 5.91 Å². The van der Waals surface area contributed by atoms with Crippen LogP contribution in [-0.2, 0) is 11.2 Å². The molecule has 1 atom stereocenters. The van der Waals surface area contributed by atoms with E-state index in [0.717, 1.165) is 12.0 Å². The van der Waals surface area contributed by atoms with Crippen LogP contribution in [0.1, 0.15) is 17.2 Å². The molecule has 84 valence electrons. The highest BCUT2D eigenvalue weighted by atomic mass is 19.1. The van der Waals surface area contributed by atoms with Crippen LogP contribution in [0, 0.1) is 5.82 Å². The maximum atomic E-state index is 13.8. The van der Waals surface area contributed by atoms with E-state index < -0.39 is 0 Å². The lowest BCUT2D eigenvalue weighted by atomic mass is 9.91. The van der Waals surface area contributed by atoms with Gasteiger partial charge < -0.3 is 10.2 Å². The van der Waals surface area contributed by atoms with Crippen molar-refractivity contribution in [3.63, 3.8) is 0 Å². The van der Waals surface area contributed by atoms with Crippen LogP contribution in [0.25, 0.3) is 0 Å². The molecule has 2 aliphatic rings. The van der Waals surface area contributed by atoms with Crippen molar-refractivity contribution in [2.45, 2.75) is 12.5 Å². The molecule has 1 amide bonds. The number of carbonyl (C=O) groups excluding carboxylic acids is 1. The fourth-order valence-corrected chi connectivity index (χ4v) is 2.65. The van der Waals surface area contributed by atoms with E-state index in [1.54, 1.807) is 11.0 Å².